The molecule has 0 saturated heterocycles. The van der Waals surface area contributed by atoms with Crippen LogP contribution in [0.2, 0.25) is 0 Å². The molecule has 1 aromatic carbocycles. The van der Waals surface area contributed by atoms with Crippen LogP contribution < -0.4 is 20.8 Å². The molecule has 0 aliphatic rings. The van der Waals surface area contributed by atoms with E-state index in [0.717, 1.165) is 22.7 Å². The van der Waals surface area contributed by atoms with Crippen LogP contribution in [0.15, 0.2) is 30.3 Å². The van der Waals surface area contributed by atoms with Crippen LogP contribution in [0.25, 0.3) is 0 Å². The average molecular weight is 286 g/mol. The summed E-state index contributed by atoms with van der Waals surface area (Å²) in [6, 6.07) is 9.69. The van der Waals surface area contributed by atoms with Crippen molar-refractivity contribution < 1.29 is 9.73 Å². The number of hydrogen-bond acceptors (Lipinski definition) is 3. The number of nitrogens with one attached hydrogen (secondary N) is 2. The highest BCUT2D eigenvalue weighted by Gasteiger charge is 2.06. The van der Waals surface area contributed by atoms with Crippen LogP contribution in [0.4, 0.5) is 5.95 Å². The Balaban J connectivity index is 2.00. The summed E-state index contributed by atoms with van der Waals surface area (Å²) in [4.78, 5) is 11.6. The van der Waals surface area contributed by atoms with E-state index in [-0.39, 0.29) is 0 Å². The van der Waals surface area contributed by atoms with Gasteiger partial charge in [0.15, 0.2) is 0 Å². The number of ether oxygens (including phenoxy) is 1. The Kier molecular flexibility index (Phi) is 4.71. The van der Waals surface area contributed by atoms with Crippen molar-refractivity contribution in [1.29, 1.82) is 0 Å². The maximum Gasteiger partial charge on any atom is 0.348 e. The lowest BCUT2D eigenvalue weighted by atomic mass is 10.2. The summed E-state index contributed by atoms with van der Waals surface area (Å²) in [5.41, 5.74) is 8.79. The van der Waals surface area contributed by atoms with Crippen molar-refractivity contribution in [3.05, 3.63) is 47.3 Å². The van der Waals surface area contributed by atoms with Crippen LogP contribution in [-0.2, 0) is 6.54 Å². The van der Waals surface area contributed by atoms with E-state index in [1.807, 2.05) is 44.2 Å². The number of guanidine groups is 1. The maximum absolute atomic E-state index is 5.90. The third-order valence-corrected chi connectivity index (χ3v) is 2.87. The van der Waals surface area contributed by atoms with Gasteiger partial charge in [-0.15, -0.1) is 0 Å². The molecule has 0 spiro atoms. The van der Waals surface area contributed by atoms with Crippen molar-refractivity contribution in [2.24, 2.45) is 5.73 Å². The van der Waals surface area contributed by atoms with Crippen molar-refractivity contribution in [3.63, 3.8) is 0 Å². The zero-order valence-electron chi connectivity index (χ0n) is 12.5. The van der Waals surface area contributed by atoms with Crippen LogP contribution in [0, 0.1) is 13.8 Å². The maximum atomic E-state index is 5.90. The third kappa shape index (κ3) is 4.45. The lowest BCUT2D eigenvalue weighted by Crippen LogP contribution is -2.75. The third-order valence-electron chi connectivity index (χ3n) is 2.87. The summed E-state index contributed by atoms with van der Waals surface area (Å²) in [5.74, 6) is 1.74. The number of anilines is 1. The Morgan fingerprint density at radius 2 is 1.81 bits per heavy atom. The summed E-state index contributed by atoms with van der Waals surface area (Å²) in [6.07, 6.45) is 0. The summed E-state index contributed by atoms with van der Waals surface area (Å²) in [6.45, 7) is 4.44. The van der Waals surface area contributed by atoms with E-state index in [0.29, 0.717) is 18.5 Å². The molecule has 2 rings (SSSR count). The smallest absolute Gasteiger partial charge is 0.348 e. The van der Waals surface area contributed by atoms with Crippen LogP contribution in [0.5, 0.6) is 5.75 Å². The molecule has 0 atom stereocenters. The Labute approximate surface area is 124 Å². The first kappa shape index (κ1) is 14.8. The monoisotopic (exact) mass is 286 g/mol. The lowest BCUT2D eigenvalue weighted by Gasteiger charge is -2.02. The quantitative estimate of drug-likeness (QED) is 0.548. The molecule has 21 heavy (non-hydrogen) atoms. The Morgan fingerprint density at radius 1 is 1.19 bits per heavy atom. The van der Waals surface area contributed by atoms with Gasteiger partial charge in [0, 0.05) is 11.4 Å². The molecule has 0 aliphatic heterocycles. The molecule has 0 aliphatic carbocycles. The second-order valence-corrected chi connectivity index (χ2v) is 4.71. The molecule has 0 unspecified atom stereocenters. The number of hydrogen-bond donors (Lipinski definition) is 3. The molecular formula is C15H20N5O+. The number of benzene rings is 1. The Bertz CT molecular complexity index is 617. The molecule has 110 valence electrons. The van der Waals surface area contributed by atoms with Gasteiger partial charge in [-0.2, -0.15) is 0 Å². The number of nitrogens with zero attached hydrogens (tertiary/aromatic N) is 2. The SMILES string of the molecule is COc1ccc(C[NH+]=C(N)Nc2nc(C)cc(C)n2)cc1. The molecule has 2 aromatic rings. The van der Waals surface area contributed by atoms with Gasteiger partial charge in [0.25, 0.3) is 5.95 Å². The van der Waals surface area contributed by atoms with E-state index in [1.54, 1.807) is 7.11 Å². The molecular weight excluding hydrogens is 266 g/mol. The molecule has 0 saturated carbocycles. The average Bonchev–Trinajstić information content (AvgIpc) is 2.44. The molecule has 6 heteroatoms. The van der Waals surface area contributed by atoms with Gasteiger partial charge in [0.1, 0.15) is 5.75 Å². The van der Waals surface area contributed by atoms with Gasteiger partial charge in [-0.05, 0) is 37.6 Å². The van der Waals surface area contributed by atoms with E-state index in [4.69, 9.17) is 10.5 Å². The van der Waals surface area contributed by atoms with E-state index >= 15 is 0 Å². The standard InChI is InChI=1S/C15H19N5O/c1-10-8-11(2)19-15(18-10)20-14(16)17-9-12-4-6-13(21-3)7-5-12/h4-8H,9H2,1-3H3,(H3,16,17,18,19,20)/p+1. The normalized spacial score (nSPS) is 11.3. The Morgan fingerprint density at radius 3 is 2.38 bits per heavy atom. The molecule has 6 nitrogen and oxygen atoms in total. The molecule has 0 bridgehead atoms. The zero-order valence-corrected chi connectivity index (χ0v) is 12.5. The lowest BCUT2D eigenvalue weighted by molar-refractivity contribution is -0.476. The van der Waals surface area contributed by atoms with Crippen molar-refractivity contribution in [3.8, 4) is 5.75 Å². The van der Waals surface area contributed by atoms with Gasteiger partial charge in [0.05, 0.1) is 13.7 Å². The minimum Gasteiger partial charge on any atom is -0.497 e. The largest absolute Gasteiger partial charge is 0.497 e. The molecule has 1 heterocycles. The summed E-state index contributed by atoms with van der Waals surface area (Å²) in [7, 11) is 1.65. The van der Waals surface area contributed by atoms with Gasteiger partial charge in [-0.3, -0.25) is 10.7 Å². The fourth-order valence-electron chi connectivity index (χ4n) is 1.89. The topological polar surface area (TPSA) is 87.0 Å². The fourth-order valence-corrected chi connectivity index (χ4v) is 1.89. The first-order valence-electron chi connectivity index (χ1n) is 6.65. The summed E-state index contributed by atoms with van der Waals surface area (Å²) in [5, 5.41) is 2.95. The molecule has 0 radical (unpaired) electrons. The van der Waals surface area contributed by atoms with E-state index in [9.17, 15) is 0 Å². The molecule has 0 amide bonds. The van der Waals surface area contributed by atoms with Gasteiger partial charge < -0.3 is 4.74 Å². The number of aromatic nitrogens is 2. The van der Waals surface area contributed by atoms with E-state index in [2.05, 4.69) is 20.3 Å². The van der Waals surface area contributed by atoms with Crippen LogP contribution in [-0.4, -0.2) is 23.0 Å². The van der Waals surface area contributed by atoms with Gasteiger partial charge in [-0.1, -0.05) is 12.1 Å². The van der Waals surface area contributed by atoms with Crippen molar-refractivity contribution >= 4 is 11.9 Å². The minimum absolute atomic E-state index is 0.413. The first-order valence-corrected chi connectivity index (χ1v) is 6.65. The van der Waals surface area contributed by atoms with Crippen LogP contribution in [0.3, 0.4) is 0 Å². The number of rotatable bonds is 4. The van der Waals surface area contributed by atoms with Crippen LogP contribution >= 0.6 is 0 Å². The van der Waals surface area contributed by atoms with Crippen LogP contribution in [0.1, 0.15) is 17.0 Å². The highest BCUT2D eigenvalue weighted by molar-refractivity contribution is 5.85. The zero-order chi connectivity index (χ0) is 15.2. The Hall–Kier alpha value is -2.63. The second kappa shape index (κ2) is 6.69. The molecule has 1 aromatic heterocycles. The minimum atomic E-state index is 0.413. The predicted octanol–water partition coefficient (Wildman–Crippen LogP) is 0.109. The highest BCUT2D eigenvalue weighted by atomic mass is 16.5. The molecule has 4 N–H and O–H groups in total. The molecule has 0 fully saturated rings. The summed E-state index contributed by atoms with van der Waals surface area (Å²) < 4.78 is 5.12. The second-order valence-electron chi connectivity index (χ2n) is 4.71. The van der Waals surface area contributed by atoms with Gasteiger partial charge >= 0.3 is 5.96 Å². The number of methoxy groups -OCH3 is 1. The number of nitrogens with two attached hydrogens (primary N) is 1. The van der Waals surface area contributed by atoms with Crippen molar-refractivity contribution in [2.75, 3.05) is 12.4 Å². The predicted molar refractivity (Wildman–Crippen MR) is 82.0 cm³/mol. The highest BCUT2D eigenvalue weighted by Crippen LogP contribution is 2.10. The first-order chi connectivity index (χ1) is 10.1. The van der Waals surface area contributed by atoms with Crippen molar-refractivity contribution in [1.82, 2.24) is 9.97 Å². The van der Waals surface area contributed by atoms with Gasteiger partial charge in [0.2, 0.25) is 0 Å². The van der Waals surface area contributed by atoms with Gasteiger partial charge in [-0.25, -0.2) is 15.3 Å². The van der Waals surface area contributed by atoms with Crippen molar-refractivity contribution in [2.45, 2.75) is 20.4 Å². The summed E-state index contributed by atoms with van der Waals surface area (Å²) >= 11 is 0. The van der Waals surface area contributed by atoms with E-state index < -0.39 is 0 Å². The van der Waals surface area contributed by atoms with E-state index in [1.165, 1.54) is 0 Å². The number of aryl methyl sites for hydroxylation is 2. The fraction of sp³-hybridized carbons (Fsp3) is 0.267.